The molecule has 1 N–H and O–H groups in total. The Morgan fingerprint density at radius 3 is 2.87 bits per heavy atom. The van der Waals surface area contributed by atoms with E-state index < -0.39 is 9.89 Å². The van der Waals surface area contributed by atoms with E-state index in [1.54, 1.807) is 0 Å². The SMILES string of the molecule is O=C(N[C@H]1CON=C1Br)OCC(Cl)(Cl)Cl. The molecule has 0 aromatic heterocycles. The van der Waals surface area contributed by atoms with Gasteiger partial charge in [-0.1, -0.05) is 40.0 Å². The molecule has 9 heteroatoms. The predicted octanol–water partition coefficient (Wildman–Crippen LogP) is 2.19. The van der Waals surface area contributed by atoms with E-state index >= 15 is 0 Å². The zero-order valence-corrected chi connectivity index (χ0v) is 11.0. The summed E-state index contributed by atoms with van der Waals surface area (Å²) in [4.78, 5) is 15.9. The molecular formula is C6H6BrCl3N2O3. The normalized spacial score (nSPS) is 20.5. The third kappa shape index (κ3) is 5.10. The highest BCUT2D eigenvalue weighted by Gasteiger charge is 2.26. The molecule has 0 fully saturated rings. The van der Waals surface area contributed by atoms with Crippen LogP contribution in [0.1, 0.15) is 0 Å². The molecule has 5 nitrogen and oxygen atoms in total. The summed E-state index contributed by atoms with van der Waals surface area (Å²) in [5.74, 6) is 0. The Bertz CT molecular complexity index is 281. The Labute approximate surface area is 109 Å². The zero-order chi connectivity index (χ0) is 11.5. The number of hydrogen-bond acceptors (Lipinski definition) is 4. The number of rotatable bonds is 2. The molecule has 1 heterocycles. The van der Waals surface area contributed by atoms with Gasteiger partial charge in [-0.15, -0.1) is 0 Å². The molecule has 0 spiro atoms. The Balaban J connectivity index is 2.28. The molecule has 0 aliphatic carbocycles. The van der Waals surface area contributed by atoms with Gasteiger partial charge < -0.3 is 14.9 Å². The van der Waals surface area contributed by atoms with Gasteiger partial charge in [0.2, 0.25) is 3.79 Å². The van der Waals surface area contributed by atoms with Crippen molar-refractivity contribution in [2.75, 3.05) is 13.2 Å². The molecule has 1 aliphatic rings. The topological polar surface area (TPSA) is 59.9 Å². The summed E-state index contributed by atoms with van der Waals surface area (Å²) in [7, 11) is 0. The second-order valence-corrected chi connectivity index (χ2v) is 5.93. The van der Waals surface area contributed by atoms with Crippen molar-refractivity contribution in [3.05, 3.63) is 0 Å². The maximum atomic E-state index is 11.2. The lowest BCUT2D eigenvalue weighted by molar-refractivity contribution is 0.133. The molecule has 0 saturated carbocycles. The van der Waals surface area contributed by atoms with Crippen LogP contribution in [0.15, 0.2) is 5.16 Å². The van der Waals surface area contributed by atoms with Crippen LogP contribution in [-0.4, -0.2) is 33.8 Å². The molecular weight excluding hydrogens is 334 g/mol. The number of carbonyl (C=O) groups is 1. The zero-order valence-electron chi connectivity index (χ0n) is 7.18. The number of halogens is 4. The first-order valence-corrected chi connectivity index (χ1v) is 5.66. The van der Waals surface area contributed by atoms with Crippen LogP contribution in [0.5, 0.6) is 0 Å². The van der Waals surface area contributed by atoms with Crippen LogP contribution in [0.2, 0.25) is 0 Å². The summed E-state index contributed by atoms with van der Waals surface area (Å²) in [6.45, 7) is -0.0880. The molecule has 0 unspecified atom stereocenters. The molecule has 1 amide bonds. The molecule has 15 heavy (non-hydrogen) atoms. The number of alkyl carbamates (subject to hydrolysis) is 1. The van der Waals surface area contributed by atoms with Gasteiger partial charge >= 0.3 is 6.09 Å². The summed E-state index contributed by atoms with van der Waals surface area (Å²) in [6.07, 6.45) is -0.705. The van der Waals surface area contributed by atoms with E-state index in [2.05, 4.69) is 31.1 Å². The molecule has 1 rings (SSSR count). The van der Waals surface area contributed by atoms with E-state index in [0.717, 1.165) is 0 Å². The van der Waals surface area contributed by atoms with Crippen LogP contribution in [0, 0.1) is 0 Å². The van der Waals surface area contributed by atoms with Crippen LogP contribution >= 0.6 is 50.7 Å². The van der Waals surface area contributed by atoms with Crippen LogP contribution in [0.25, 0.3) is 0 Å². The van der Waals surface area contributed by atoms with E-state index in [1.807, 2.05) is 0 Å². The van der Waals surface area contributed by atoms with E-state index in [0.29, 0.717) is 4.62 Å². The first-order chi connectivity index (χ1) is 6.88. The molecule has 1 atom stereocenters. The Hall–Kier alpha value is 0.0900. The maximum Gasteiger partial charge on any atom is 0.407 e. The van der Waals surface area contributed by atoms with Crippen LogP contribution in [0.4, 0.5) is 4.79 Å². The first kappa shape index (κ1) is 13.2. The summed E-state index contributed by atoms with van der Waals surface area (Å²) in [5.41, 5.74) is 0. The number of alkyl halides is 3. The van der Waals surface area contributed by atoms with Gasteiger partial charge in [-0.3, -0.25) is 0 Å². The van der Waals surface area contributed by atoms with Crippen molar-refractivity contribution in [2.45, 2.75) is 9.83 Å². The van der Waals surface area contributed by atoms with Crippen LogP contribution in [-0.2, 0) is 9.57 Å². The number of ether oxygens (including phenoxy) is 1. The van der Waals surface area contributed by atoms with E-state index in [1.165, 1.54) is 0 Å². The van der Waals surface area contributed by atoms with Gasteiger partial charge in [0.15, 0.2) is 0 Å². The minimum Gasteiger partial charge on any atom is -0.445 e. The van der Waals surface area contributed by atoms with Crippen molar-refractivity contribution in [1.82, 2.24) is 5.32 Å². The minimum atomic E-state index is -1.62. The molecule has 0 radical (unpaired) electrons. The van der Waals surface area contributed by atoms with Crippen molar-refractivity contribution in [1.29, 1.82) is 0 Å². The van der Waals surface area contributed by atoms with Crippen LogP contribution in [0.3, 0.4) is 0 Å². The first-order valence-electron chi connectivity index (χ1n) is 3.74. The second-order valence-electron chi connectivity index (χ2n) is 2.60. The van der Waals surface area contributed by atoms with Gasteiger partial charge in [-0.25, -0.2) is 4.79 Å². The fraction of sp³-hybridized carbons (Fsp3) is 0.667. The summed E-state index contributed by atoms with van der Waals surface area (Å²) < 4.78 is 3.50. The fourth-order valence-corrected chi connectivity index (χ4v) is 1.25. The number of nitrogens with one attached hydrogen (secondary N) is 1. The summed E-state index contributed by atoms with van der Waals surface area (Å²) in [6, 6.07) is -0.368. The van der Waals surface area contributed by atoms with E-state index in [9.17, 15) is 4.79 Å². The minimum absolute atomic E-state index is 0.240. The van der Waals surface area contributed by atoms with Crippen molar-refractivity contribution in [3.8, 4) is 0 Å². The van der Waals surface area contributed by atoms with Crippen molar-refractivity contribution in [2.24, 2.45) is 5.16 Å². The van der Waals surface area contributed by atoms with Crippen molar-refractivity contribution < 1.29 is 14.4 Å². The Kier molecular flexibility index (Phi) is 4.76. The molecule has 0 bridgehead atoms. The highest BCUT2D eigenvalue weighted by atomic mass is 79.9. The maximum absolute atomic E-state index is 11.2. The highest BCUT2D eigenvalue weighted by Crippen LogP contribution is 2.25. The lowest BCUT2D eigenvalue weighted by Crippen LogP contribution is -2.40. The van der Waals surface area contributed by atoms with Gasteiger partial charge in [-0.2, -0.15) is 0 Å². The van der Waals surface area contributed by atoms with Crippen molar-refractivity contribution in [3.63, 3.8) is 0 Å². The quantitative estimate of drug-likeness (QED) is 0.784. The van der Waals surface area contributed by atoms with Gasteiger partial charge in [0.25, 0.3) is 0 Å². The average Bonchev–Trinajstić information content (AvgIpc) is 2.47. The number of amides is 1. The lowest BCUT2D eigenvalue weighted by atomic mass is 10.4. The monoisotopic (exact) mass is 338 g/mol. The van der Waals surface area contributed by atoms with Crippen LogP contribution < -0.4 is 5.32 Å². The molecule has 0 saturated heterocycles. The fourth-order valence-electron chi connectivity index (χ4n) is 0.738. The van der Waals surface area contributed by atoms with E-state index in [4.69, 9.17) is 39.6 Å². The molecule has 86 valence electrons. The summed E-state index contributed by atoms with van der Waals surface area (Å²) in [5, 5.41) is 6.03. The molecule has 0 aromatic rings. The number of oxime groups is 1. The second kappa shape index (κ2) is 5.43. The third-order valence-electron chi connectivity index (χ3n) is 1.34. The smallest absolute Gasteiger partial charge is 0.407 e. The average molecular weight is 340 g/mol. The van der Waals surface area contributed by atoms with Gasteiger partial charge in [0.05, 0.1) is 0 Å². The van der Waals surface area contributed by atoms with Crippen molar-refractivity contribution >= 4 is 61.4 Å². The number of nitrogens with zero attached hydrogens (tertiary/aromatic N) is 1. The number of hydrogen-bond donors (Lipinski definition) is 1. The molecule has 1 aliphatic heterocycles. The largest absolute Gasteiger partial charge is 0.445 e. The molecule has 0 aromatic carbocycles. The highest BCUT2D eigenvalue weighted by molar-refractivity contribution is 9.18. The standard InChI is InChI=1S/C6H6BrCl3N2O3/c7-4-3(1-15-12-4)11-5(13)14-2-6(8,9)10/h3H,1-2H2,(H,11,13)/t3-/m0/s1. The van der Waals surface area contributed by atoms with E-state index in [-0.39, 0.29) is 19.3 Å². The van der Waals surface area contributed by atoms with Gasteiger partial charge in [0.1, 0.15) is 23.9 Å². The van der Waals surface area contributed by atoms with Gasteiger partial charge in [-0.05, 0) is 15.9 Å². The van der Waals surface area contributed by atoms with Gasteiger partial charge in [0, 0.05) is 0 Å². The summed E-state index contributed by atoms with van der Waals surface area (Å²) >= 11 is 19.3. The number of carbonyl (C=O) groups excluding carboxylic acids is 1. The predicted molar refractivity (Wildman–Crippen MR) is 60.9 cm³/mol. The Morgan fingerprint density at radius 2 is 2.40 bits per heavy atom. The third-order valence-corrected chi connectivity index (χ3v) is 2.36. The Morgan fingerprint density at radius 1 is 1.73 bits per heavy atom. The lowest BCUT2D eigenvalue weighted by Gasteiger charge is -2.13.